The number of amides is 2. The molecule has 3 aromatic rings. The number of methoxy groups -OCH3 is 1. The lowest BCUT2D eigenvalue weighted by Gasteiger charge is -2.22. The zero-order valence-corrected chi connectivity index (χ0v) is 15.2. The Kier molecular flexibility index (Phi) is 4.30. The van der Waals surface area contributed by atoms with Crippen LogP contribution in [0, 0.1) is 11.3 Å². The summed E-state index contributed by atoms with van der Waals surface area (Å²) in [7, 11) is 1.52. The summed E-state index contributed by atoms with van der Waals surface area (Å²) < 4.78 is 5.37. The van der Waals surface area contributed by atoms with Crippen molar-refractivity contribution >= 4 is 39.8 Å². The van der Waals surface area contributed by atoms with Crippen molar-refractivity contribution in [3.8, 4) is 11.8 Å². The van der Waals surface area contributed by atoms with Crippen LogP contribution in [0.5, 0.6) is 5.75 Å². The van der Waals surface area contributed by atoms with E-state index in [-0.39, 0.29) is 12.6 Å². The highest BCUT2D eigenvalue weighted by atomic mass is 35.5. The zero-order chi connectivity index (χ0) is 19.0. The molecule has 0 spiro atoms. The smallest absolute Gasteiger partial charge is 0.330 e. The van der Waals surface area contributed by atoms with Crippen LogP contribution in [0.4, 0.5) is 16.2 Å². The van der Waals surface area contributed by atoms with Crippen molar-refractivity contribution < 1.29 is 9.53 Å². The van der Waals surface area contributed by atoms with E-state index >= 15 is 0 Å². The van der Waals surface area contributed by atoms with E-state index in [1.165, 1.54) is 16.9 Å². The fourth-order valence-corrected chi connectivity index (χ4v) is 3.50. The van der Waals surface area contributed by atoms with Gasteiger partial charge in [0.1, 0.15) is 11.8 Å². The highest BCUT2D eigenvalue weighted by Crippen LogP contribution is 2.37. The van der Waals surface area contributed by atoms with Gasteiger partial charge in [-0.05, 0) is 12.1 Å². The first-order valence-electron chi connectivity index (χ1n) is 8.30. The van der Waals surface area contributed by atoms with E-state index in [2.05, 4.69) is 11.1 Å². The molecule has 0 N–H and O–H groups in total. The van der Waals surface area contributed by atoms with E-state index < -0.39 is 6.04 Å². The van der Waals surface area contributed by atoms with E-state index in [1.807, 2.05) is 24.3 Å². The zero-order valence-electron chi connectivity index (χ0n) is 14.5. The average molecular weight is 379 g/mol. The van der Waals surface area contributed by atoms with Crippen molar-refractivity contribution in [3.05, 3.63) is 59.9 Å². The molecule has 1 saturated heterocycles. The molecule has 0 aliphatic carbocycles. The predicted octanol–water partition coefficient (Wildman–Crippen LogP) is 4.24. The number of ether oxygens (including phenoxy) is 1. The molecule has 2 heterocycles. The molecule has 1 aromatic heterocycles. The number of carbonyl (C=O) groups excluding carboxylic acids is 1. The van der Waals surface area contributed by atoms with Crippen LogP contribution in [0.2, 0.25) is 5.02 Å². The monoisotopic (exact) mass is 378 g/mol. The Morgan fingerprint density at radius 2 is 2.04 bits per heavy atom. The molecule has 0 radical (unpaired) electrons. The Morgan fingerprint density at radius 1 is 1.22 bits per heavy atom. The maximum absolute atomic E-state index is 13.3. The Balaban J connectivity index is 1.81. The van der Waals surface area contributed by atoms with Crippen LogP contribution in [0.25, 0.3) is 10.8 Å². The molecule has 6 nitrogen and oxygen atoms in total. The molecular formula is C20H15ClN4O2. The number of aromatic nitrogens is 1. The minimum Gasteiger partial charge on any atom is -0.495 e. The van der Waals surface area contributed by atoms with Crippen LogP contribution in [0.1, 0.15) is 0 Å². The summed E-state index contributed by atoms with van der Waals surface area (Å²) in [6.07, 6.45) is 3.36. The molecule has 4 rings (SSSR count). The minimum absolute atomic E-state index is 0.219. The maximum Gasteiger partial charge on any atom is 0.330 e. The van der Waals surface area contributed by atoms with Gasteiger partial charge in [0.15, 0.2) is 0 Å². The molecule has 2 aromatic carbocycles. The molecule has 1 aliphatic heterocycles. The van der Waals surface area contributed by atoms with Crippen molar-refractivity contribution in [1.29, 1.82) is 5.26 Å². The van der Waals surface area contributed by atoms with Crippen LogP contribution in [0.15, 0.2) is 54.9 Å². The standard InChI is InChI=1S/C20H15ClN4O2/c1-27-19-8-14(21)6-7-17(19)24-12-15(9-22)25(20(24)26)18-11-23-10-13-4-2-3-5-16(13)18/h2-8,10-11,15H,12H2,1H3. The highest BCUT2D eigenvalue weighted by molar-refractivity contribution is 6.31. The third-order valence-corrected chi connectivity index (χ3v) is 4.83. The number of hydrogen-bond donors (Lipinski definition) is 0. The third-order valence-electron chi connectivity index (χ3n) is 4.59. The fraction of sp³-hybridized carbons (Fsp3) is 0.150. The molecular weight excluding hydrogens is 364 g/mol. The molecule has 2 amide bonds. The number of anilines is 2. The number of carbonyl (C=O) groups is 1. The molecule has 134 valence electrons. The molecule has 1 aliphatic rings. The summed E-state index contributed by atoms with van der Waals surface area (Å²) in [5, 5.41) is 12.0. The lowest BCUT2D eigenvalue weighted by Crippen LogP contribution is -2.34. The summed E-state index contributed by atoms with van der Waals surface area (Å²) in [6, 6.07) is 14.0. The SMILES string of the molecule is COc1cc(Cl)ccc1N1CC(C#N)N(c2cncc3ccccc23)C1=O. The van der Waals surface area contributed by atoms with E-state index in [9.17, 15) is 10.1 Å². The Labute approximate surface area is 161 Å². The van der Waals surface area contributed by atoms with Gasteiger partial charge >= 0.3 is 6.03 Å². The van der Waals surface area contributed by atoms with Gasteiger partial charge in [0.05, 0.1) is 37.3 Å². The summed E-state index contributed by atoms with van der Waals surface area (Å²) in [6.45, 7) is 0.219. The average Bonchev–Trinajstić information content (AvgIpc) is 3.03. The normalized spacial score (nSPS) is 16.6. The molecule has 0 saturated carbocycles. The van der Waals surface area contributed by atoms with Crippen LogP contribution < -0.4 is 14.5 Å². The highest BCUT2D eigenvalue weighted by Gasteiger charge is 2.41. The first kappa shape index (κ1) is 17.1. The molecule has 1 fully saturated rings. The van der Waals surface area contributed by atoms with Crippen molar-refractivity contribution in [2.45, 2.75) is 6.04 Å². The van der Waals surface area contributed by atoms with Gasteiger partial charge in [-0.3, -0.25) is 14.8 Å². The summed E-state index contributed by atoms with van der Waals surface area (Å²) in [4.78, 5) is 20.5. The number of hydrogen-bond acceptors (Lipinski definition) is 4. The quantitative estimate of drug-likeness (QED) is 0.683. The van der Waals surface area contributed by atoms with E-state index in [0.717, 1.165) is 10.8 Å². The number of halogens is 1. The largest absolute Gasteiger partial charge is 0.495 e. The third kappa shape index (κ3) is 2.82. The van der Waals surface area contributed by atoms with Gasteiger partial charge in [-0.15, -0.1) is 0 Å². The predicted molar refractivity (Wildman–Crippen MR) is 104 cm³/mol. The second-order valence-corrected chi connectivity index (χ2v) is 6.54. The number of rotatable bonds is 3. The Bertz CT molecular complexity index is 1070. The van der Waals surface area contributed by atoms with Crippen molar-refractivity contribution in [2.75, 3.05) is 23.5 Å². The first-order chi connectivity index (χ1) is 13.1. The summed E-state index contributed by atoms with van der Waals surface area (Å²) >= 11 is 6.03. The van der Waals surface area contributed by atoms with Gasteiger partial charge in [0.25, 0.3) is 0 Å². The van der Waals surface area contributed by atoms with Gasteiger partial charge in [-0.25, -0.2) is 4.79 Å². The van der Waals surface area contributed by atoms with E-state index in [0.29, 0.717) is 22.1 Å². The minimum atomic E-state index is -0.648. The number of pyridine rings is 1. The Hall–Kier alpha value is -3.30. The molecule has 0 bridgehead atoms. The molecule has 1 atom stereocenters. The molecule has 1 unspecified atom stereocenters. The van der Waals surface area contributed by atoms with Gasteiger partial charge in [-0.2, -0.15) is 5.26 Å². The van der Waals surface area contributed by atoms with E-state index in [1.54, 1.807) is 30.6 Å². The topological polar surface area (TPSA) is 69.5 Å². The maximum atomic E-state index is 13.3. The number of nitrogens with zero attached hydrogens (tertiary/aromatic N) is 4. The molecule has 7 heteroatoms. The van der Waals surface area contributed by atoms with Gasteiger partial charge < -0.3 is 4.74 Å². The van der Waals surface area contributed by atoms with Gasteiger partial charge in [0, 0.05) is 28.1 Å². The van der Waals surface area contributed by atoms with Crippen molar-refractivity contribution in [1.82, 2.24) is 4.98 Å². The number of urea groups is 1. The lowest BCUT2D eigenvalue weighted by atomic mass is 10.1. The van der Waals surface area contributed by atoms with Crippen molar-refractivity contribution in [2.24, 2.45) is 0 Å². The van der Waals surface area contributed by atoms with Crippen molar-refractivity contribution in [3.63, 3.8) is 0 Å². The van der Waals surface area contributed by atoms with Crippen LogP contribution in [-0.2, 0) is 0 Å². The fourth-order valence-electron chi connectivity index (χ4n) is 3.33. The Morgan fingerprint density at radius 3 is 2.81 bits per heavy atom. The first-order valence-corrected chi connectivity index (χ1v) is 8.68. The second kappa shape index (κ2) is 6.78. The second-order valence-electron chi connectivity index (χ2n) is 6.10. The summed E-state index contributed by atoms with van der Waals surface area (Å²) in [5.74, 6) is 0.477. The number of benzene rings is 2. The van der Waals surface area contributed by atoms with Crippen LogP contribution >= 0.6 is 11.6 Å². The van der Waals surface area contributed by atoms with Crippen LogP contribution in [0.3, 0.4) is 0 Å². The van der Waals surface area contributed by atoms with Gasteiger partial charge in [0.2, 0.25) is 0 Å². The number of fused-ring (bicyclic) bond motifs is 1. The number of nitriles is 1. The molecule has 27 heavy (non-hydrogen) atoms. The van der Waals surface area contributed by atoms with Crippen LogP contribution in [-0.4, -0.2) is 30.7 Å². The summed E-state index contributed by atoms with van der Waals surface area (Å²) in [5.41, 5.74) is 1.18. The van der Waals surface area contributed by atoms with E-state index in [4.69, 9.17) is 16.3 Å². The van der Waals surface area contributed by atoms with Gasteiger partial charge in [-0.1, -0.05) is 35.9 Å². The lowest BCUT2D eigenvalue weighted by molar-refractivity contribution is 0.255.